The van der Waals surface area contributed by atoms with Gasteiger partial charge in [-0.2, -0.15) is 0 Å². The van der Waals surface area contributed by atoms with Crippen molar-refractivity contribution in [1.82, 2.24) is 0 Å². The lowest BCUT2D eigenvalue weighted by atomic mass is 9.48. The van der Waals surface area contributed by atoms with E-state index in [2.05, 4.69) is 30.3 Å². The second-order valence-corrected chi connectivity index (χ2v) is 12.2. The van der Waals surface area contributed by atoms with E-state index in [9.17, 15) is 4.79 Å². The van der Waals surface area contributed by atoms with Crippen LogP contribution in [0.5, 0.6) is 5.75 Å². The Hall–Kier alpha value is -2.85. The molecule has 3 aromatic carbocycles. The number of esters is 1. The molecule has 0 atom stereocenters. The van der Waals surface area contributed by atoms with Crippen molar-refractivity contribution in [1.29, 1.82) is 0 Å². The Kier molecular flexibility index (Phi) is 7.18. The summed E-state index contributed by atoms with van der Waals surface area (Å²) in [7, 11) is 1.41. The molecule has 0 aliphatic heterocycles. The topological polar surface area (TPSA) is 55.8 Å². The summed E-state index contributed by atoms with van der Waals surface area (Å²) >= 11 is 0. The van der Waals surface area contributed by atoms with Crippen molar-refractivity contribution >= 4 is 16.7 Å². The van der Waals surface area contributed by atoms with E-state index in [1.54, 1.807) is 0 Å². The van der Waals surface area contributed by atoms with Crippen LogP contribution in [0, 0.1) is 17.8 Å². The van der Waals surface area contributed by atoms with Crippen molar-refractivity contribution in [2.24, 2.45) is 17.8 Å². The number of unbranched alkanes of at least 4 members (excludes halogenated alkanes) is 3. The van der Waals surface area contributed by atoms with Gasteiger partial charge in [-0.1, -0.05) is 30.7 Å². The highest BCUT2D eigenvalue weighted by Crippen LogP contribution is 2.62. The molecule has 200 valence electrons. The van der Waals surface area contributed by atoms with Crippen LogP contribution in [0.4, 0.5) is 0 Å². The fraction of sp³-hybridized carbons (Fsp3) is 0.500. The first-order valence-electron chi connectivity index (χ1n) is 14.6. The normalized spacial score (nSPS) is 25.6. The Morgan fingerprint density at radius 1 is 0.816 bits per heavy atom. The molecule has 0 spiro atoms. The van der Waals surface area contributed by atoms with Crippen LogP contribution in [0.1, 0.15) is 80.1 Å². The summed E-state index contributed by atoms with van der Waals surface area (Å²) in [5.74, 6) is 3.42. The fourth-order valence-corrected chi connectivity index (χ4v) is 8.10. The second-order valence-electron chi connectivity index (χ2n) is 12.2. The SMILES string of the molecule is COC(=O)c1ccc(-c2ccc3cc(OCCCCCCO)c(C45CC6CC(CC(C6)C4)C5)cc3c2)cc1. The average molecular weight is 513 g/mol. The maximum atomic E-state index is 11.9. The minimum absolute atomic E-state index is 0.257. The van der Waals surface area contributed by atoms with Gasteiger partial charge in [0.05, 0.1) is 19.3 Å². The first-order chi connectivity index (χ1) is 18.6. The van der Waals surface area contributed by atoms with Crippen LogP contribution in [0.2, 0.25) is 0 Å². The van der Waals surface area contributed by atoms with Gasteiger partial charge in [0.2, 0.25) is 0 Å². The van der Waals surface area contributed by atoms with Gasteiger partial charge in [-0.05, 0) is 133 Å². The van der Waals surface area contributed by atoms with E-state index in [1.807, 2.05) is 24.3 Å². The molecule has 4 aliphatic rings. The number of benzene rings is 3. The highest BCUT2D eigenvalue weighted by atomic mass is 16.5. The maximum Gasteiger partial charge on any atom is 0.337 e. The van der Waals surface area contributed by atoms with Gasteiger partial charge in [0.25, 0.3) is 0 Å². The molecule has 0 heterocycles. The minimum Gasteiger partial charge on any atom is -0.493 e. The lowest BCUT2D eigenvalue weighted by Gasteiger charge is -2.57. The van der Waals surface area contributed by atoms with E-state index in [0.29, 0.717) is 5.56 Å². The monoisotopic (exact) mass is 512 g/mol. The van der Waals surface area contributed by atoms with E-state index in [4.69, 9.17) is 14.6 Å². The van der Waals surface area contributed by atoms with Crippen molar-refractivity contribution in [3.05, 3.63) is 65.7 Å². The predicted octanol–water partition coefficient (Wildman–Crippen LogP) is 7.69. The summed E-state index contributed by atoms with van der Waals surface area (Å²) in [6.45, 7) is 1.01. The van der Waals surface area contributed by atoms with E-state index >= 15 is 0 Å². The fourth-order valence-electron chi connectivity index (χ4n) is 8.10. The van der Waals surface area contributed by atoms with Crippen molar-refractivity contribution < 1.29 is 19.4 Å². The van der Waals surface area contributed by atoms with Crippen LogP contribution in [-0.2, 0) is 10.2 Å². The van der Waals surface area contributed by atoms with Crippen LogP contribution >= 0.6 is 0 Å². The highest BCUT2D eigenvalue weighted by Gasteiger charge is 2.52. The average Bonchev–Trinajstić information content (AvgIpc) is 2.93. The van der Waals surface area contributed by atoms with Crippen LogP contribution < -0.4 is 4.74 Å². The van der Waals surface area contributed by atoms with Crippen molar-refractivity contribution in [3.63, 3.8) is 0 Å². The molecular weight excluding hydrogens is 472 g/mol. The number of aliphatic hydroxyl groups is 1. The predicted molar refractivity (Wildman–Crippen MR) is 152 cm³/mol. The van der Waals surface area contributed by atoms with Crippen molar-refractivity contribution in [2.45, 2.75) is 69.6 Å². The summed E-state index contributed by atoms with van der Waals surface area (Å²) < 4.78 is 11.4. The summed E-state index contributed by atoms with van der Waals surface area (Å²) in [6.07, 6.45) is 12.3. The smallest absolute Gasteiger partial charge is 0.337 e. The Morgan fingerprint density at radius 2 is 1.47 bits per heavy atom. The zero-order valence-electron chi connectivity index (χ0n) is 22.6. The van der Waals surface area contributed by atoms with Crippen molar-refractivity contribution in [2.75, 3.05) is 20.3 Å². The van der Waals surface area contributed by atoms with E-state index in [1.165, 1.54) is 62.0 Å². The third-order valence-corrected chi connectivity index (χ3v) is 9.50. The second kappa shape index (κ2) is 10.7. The molecule has 0 radical (unpaired) electrons. The molecular formula is C34H40O4. The summed E-state index contributed by atoms with van der Waals surface area (Å²) in [6, 6.07) is 19.1. The van der Waals surface area contributed by atoms with Gasteiger partial charge in [0.15, 0.2) is 0 Å². The van der Waals surface area contributed by atoms with Gasteiger partial charge < -0.3 is 14.6 Å². The molecule has 4 saturated carbocycles. The lowest BCUT2D eigenvalue weighted by molar-refractivity contribution is -0.00633. The van der Waals surface area contributed by atoms with Gasteiger partial charge in [-0.15, -0.1) is 0 Å². The number of rotatable bonds is 10. The number of ether oxygens (including phenoxy) is 2. The highest BCUT2D eigenvalue weighted by molar-refractivity contribution is 5.92. The third kappa shape index (κ3) is 4.96. The zero-order chi connectivity index (χ0) is 26.1. The first-order valence-corrected chi connectivity index (χ1v) is 14.6. The van der Waals surface area contributed by atoms with Gasteiger partial charge in [-0.3, -0.25) is 0 Å². The summed E-state index contributed by atoms with van der Waals surface area (Å²) in [4.78, 5) is 11.9. The standard InChI is InChI=1S/C34H40O4/c1-37-33(36)27-8-6-26(7-9-27)28-10-11-29-19-32(38-13-5-3-2-4-12-35)31(18-30(29)17-28)34-20-23-14-24(21-34)16-25(15-23)22-34/h6-11,17-19,23-25,35H,2-5,12-16,20-22H2,1H3. The number of carbonyl (C=O) groups is 1. The minimum atomic E-state index is -0.309. The quantitative estimate of drug-likeness (QED) is 0.223. The van der Waals surface area contributed by atoms with Crippen molar-refractivity contribution in [3.8, 4) is 16.9 Å². The molecule has 4 bridgehead atoms. The van der Waals surface area contributed by atoms with E-state index < -0.39 is 0 Å². The third-order valence-electron chi connectivity index (χ3n) is 9.50. The molecule has 3 aromatic rings. The van der Waals surface area contributed by atoms with Gasteiger partial charge in [0.1, 0.15) is 5.75 Å². The Morgan fingerprint density at radius 3 is 2.13 bits per heavy atom. The molecule has 7 rings (SSSR count). The molecule has 4 aliphatic carbocycles. The molecule has 0 saturated heterocycles. The lowest BCUT2D eigenvalue weighted by Crippen LogP contribution is -2.48. The molecule has 4 fully saturated rings. The number of aliphatic hydroxyl groups excluding tert-OH is 1. The molecule has 0 amide bonds. The van der Waals surface area contributed by atoms with Crippen LogP contribution in [0.3, 0.4) is 0 Å². The molecule has 0 aromatic heterocycles. The van der Waals surface area contributed by atoms with Gasteiger partial charge >= 0.3 is 5.97 Å². The van der Waals surface area contributed by atoms with Crippen LogP contribution in [0.15, 0.2) is 54.6 Å². The number of carbonyl (C=O) groups excluding carboxylic acids is 1. The summed E-state index contributed by atoms with van der Waals surface area (Å²) in [5, 5.41) is 11.6. The molecule has 1 N–H and O–H groups in total. The van der Waals surface area contributed by atoms with E-state index in [0.717, 1.165) is 66.9 Å². The molecule has 38 heavy (non-hydrogen) atoms. The Bertz CT molecular complexity index is 1260. The van der Waals surface area contributed by atoms with Crippen LogP contribution in [0.25, 0.3) is 21.9 Å². The summed E-state index contributed by atoms with van der Waals surface area (Å²) in [5.41, 5.74) is 4.52. The Balaban J connectivity index is 1.33. The largest absolute Gasteiger partial charge is 0.493 e. The number of hydrogen-bond donors (Lipinski definition) is 1. The zero-order valence-corrected chi connectivity index (χ0v) is 22.6. The van der Waals surface area contributed by atoms with Gasteiger partial charge in [-0.25, -0.2) is 4.79 Å². The number of hydrogen-bond acceptors (Lipinski definition) is 4. The van der Waals surface area contributed by atoms with Crippen LogP contribution in [-0.4, -0.2) is 31.4 Å². The first kappa shape index (κ1) is 25.4. The van der Waals surface area contributed by atoms with E-state index in [-0.39, 0.29) is 18.0 Å². The Labute approximate surface area is 226 Å². The maximum absolute atomic E-state index is 11.9. The molecule has 0 unspecified atom stereocenters. The number of methoxy groups -OCH3 is 1. The number of fused-ring (bicyclic) bond motifs is 1. The van der Waals surface area contributed by atoms with Gasteiger partial charge in [0, 0.05) is 12.2 Å². The molecule has 4 nitrogen and oxygen atoms in total. The molecule has 4 heteroatoms.